The van der Waals surface area contributed by atoms with Crippen LogP contribution in [0.25, 0.3) is 21.9 Å². The maximum Gasteiger partial charge on any atom is 0.459 e. The van der Waals surface area contributed by atoms with Crippen LogP contribution in [0.3, 0.4) is 0 Å². The van der Waals surface area contributed by atoms with E-state index in [-0.39, 0.29) is 17.4 Å². The van der Waals surface area contributed by atoms with Gasteiger partial charge in [-0.25, -0.2) is 23.9 Å². The van der Waals surface area contributed by atoms with E-state index in [0.717, 1.165) is 18.2 Å². The minimum absolute atomic E-state index is 0.202. The summed E-state index contributed by atoms with van der Waals surface area (Å²) in [4.78, 5) is 25.9. The lowest BCUT2D eigenvalue weighted by atomic mass is 9.97. The Balaban J connectivity index is 1.28. The van der Waals surface area contributed by atoms with E-state index in [0.29, 0.717) is 22.5 Å². The number of anilines is 1. The first kappa shape index (κ1) is 32.8. The summed E-state index contributed by atoms with van der Waals surface area (Å²) >= 11 is 0. The van der Waals surface area contributed by atoms with Crippen LogP contribution in [0.1, 0.15) is 45.7 Å². The Morgan fingerprint density at radius 2 is 1.98 bits per heavy atom. The molecule has 3 N–H and O–H groups in total. The van der Waals surface area contributed by atoms with Crippen LogP contribution in [0.15, 0.2) is 48.8 Å². The molecule has 0 bridgehead atoms. The van der Waals surface area contributed by atoms with Gasteiger partial charge in [-0.15, -0.1) is 6.42 Å². The molecule has 0 spiro atoms. The summed E-state index contributed by atoms with van der Waals surface area (Å²) < 4.78 is 55.0. The first-order chi connectivity index (χ1) is 22.4. The number of aliphatic hydroxyl groups excluding tert-OH is 1. The fourth-order valence-electron chi connectivity index (χ4n) is 5.32. The summed E-state index contributed by atoms with van der Waals surface area (Å²) in [7, 11) is -4.43. The van der Waals surface area contributed by atoms with Gasteiger partial charge < -0.3 is 24.4 Å². The molecule has 15 heteroatoms. The van der Waals surface area contributed by atoms with Crippen molar-refractivity contribution in [1.29, 1.82) is 0 Å². The van der Waals surface area contributed by atoms with E-state index in [2.05, 4.69) is 25.4 Å². The van der Waals surface area contributed by atoms with Crippen molar-refractivity contribution in [3.05, 3.63) is 54.6 Å². The number of carbonyl (C=O) groups is 1. The third-order valence-electron chi connectivity index (χ3n) is 7.81. The smallest absolute Gasteiger partial charge is 0.459 e. The average Bonchev–Trinajstić information content (AvgIpc) is 3.70. The molecule has 6 rings (SSSR count). The number of halogens is 1. The van der Waals surface area contributed by atoms with Crippen LogP contribution in [0.4, 0.5) is 10.2 Å². The fraction of sp³-hybridized carbons (Fsp3) is 0.438. The number of nitrogens with one attached hydrogen (secondary N) is 2. The van der Waals surface area contributed by atoms with Gasteiger partial charge in [-0.2, -0.15) is 5.09 Å². The van der Waals surface area contributed by atoms with Crippen LogP contribution in [-0.2, 0) is 23.4 Å². The number of hydrogen-bond acceptors (Lipinski definition) is 11. The highest BCUT2D eigenvalue weighted by Crippen LogP contribution is 2.49. The van der Waals surface area contributed by atoms with Crippen LogP contribution < -0.4 is 14.9 Å². The fourth-order valence-corrected chi connectivity index (χ4v) is 6.84. The number of rotatable bonds is 12. The number of terminal acetylenes is 1. The van der Waals surface area contributed by atoms with E-state index in [4.69, 9.17) is 24.9 Å². The van der Waals surface area contributed by atoms with Crippen molar-refractivity contribution in [2.75, 3.05) is 11.9 Å². The maximum absolute atomic E-state index is 16.5. The molecule has 1 saturated carbocycles. The zero-order valence-corrected chi connectivity index (χ0v) is 27.2. The molecule has 3 heterocycles. The minimum Gasteiger partial charge on any atom is -0.462 e. The third kappa shape index (κ3) is 6.68. The zero-order valence-electron chi connectivity index (χ0n) is 26.3. The number of aliphatic hydroxyl groups is 1. The van der Waals surface area contributed by atoms with E-state index in [1.165, 1.54) is 17.8 Å². The van der Waals surface area contributed by atoms with Gasteiger partial charge in [0.15, 0.2) is 23.2 Å². The molecule has 6 atom stereocenters. The van der Waals surface area contributed by atoms with Crippen LogP contribution in [0.2, 0.25) is 0 Å². The molecule has 1 aliphatic heterocycles. The Kier molecular flexibility index (Phi) is 8.95. The van der Waals surface area contributed by atoms with Gasteiger partial charge in [0.05, 0.1) is 19.0 Å². The van der Waals surface area contributed by atoms with Crippen molar-refractivity contribution in [1.82, 2.24) is 24.6 Å². The number of carbonyl (C=O) groups excluding carboxylic acids is 1. The maximum atomic E-state index is 16.5. The Labute approximate surface area is 270 Å². The lowest BCUT2D eigenvalue weighted by Crippen LogP contribution is -2.42. The highest BCUT2D eigenvalue weighted by Gasteiger charge is 2.58. The van der Waals surface area contributed by atoms with Gasteiger partial charge in [0.2, 0.25) is 5.67 Å². The van der Waals surface area contributed by atoms with Crippen molar-refractivity contribution < 1.29 is 37.4 Å². The molecule has 4 aromatic rings. The first-order valence-electron chi connectivity index (χ1n) is 15.3. The van der Waals surface area contributed by atoms with Gasteiger partial charge in [-0.1, -0.05) is 42.3 Å². The van der Waals surface area contributed by atoms with Crippen molar-refractivity contribution >= 4 is 41.5 Å². The van der Waals surface area contributed by atoms with Crippen molar-refractivity contribution in [2.45, 2.75) is 82.8 Å². The van der Waals surface area contributed by atoms with Gasteiger partial charge in [-0.3, -0.25) is 13.9 Å². The van der Waals surface area contributed by atoms with Crippen molar-refractivity contribution in [3.8, 4) is 18.1 Å². The molecular formula is C32H36FN6O7P. The van der Waals surface area contributed by atoms with E-state index in [9.17, 15) is 14.5 Å². The number of ether oxygens (including phenoxy) is 2. The molecule has 1 aliphatic carbocycles. The van der Waals surface area contributed by atoms with Crippen molar-refractivity contribution in [3.63, 3.8) is 0 Å². The monoisotopic (exact) mass is 666 g/mol. The Bertz CT molecular complexity index is 1890. The van der Waals surface area contributed by atoms with Gasteiger partial charge in [0.25, 0.3) is 0 Å². The van der Waals surface area contributed by atoms with Crippen LogP contribution in [0, 0.1) is 19.3 Å². The highest BCUT2D eigenvalue weighted by atomic mass is 31.2. The van der Waals surface area contributed by atoms with Gasteiger partial charge >= 0.3 is 13.7 Å². The van der Waals surface area contributed by atoms with E-state index in [1.54, 1.807) is 45.0 Å². The molecule has 0 radical (unpaired) electrons. The molecular weight excluding hydrogens is 630 g/mol. The molecule has 248 valence electrons. The lowest BCUT2D eigenvalue weighted by Gasteiger charge is -2.25. The Hall–Kier alpha value is -4.12. The molecule has 0 amide bonds. The molecule has 13 nitrogen and oxygen atoms in total. The zero-order chi connectivity index (χ0) is 33.5. The second kappa shape index (κ2) is 12.8. The molecule has 2 aromatic heterocycles. The molecule has 2 aliphatic rings. The Morgan fingerprint density at radius 1 is 1.23 bits per heavy atom. The minimum atomic E-state index is -4.43. The second-order valence-electron chi connectivity index (χ2n) is 11.9. The number of imidazole rings is 1. The Morgan fingerprint density at radius 3 is 2.70 bits per heavy atom. The molecule has 0 unspecified atom stereocenters. The molecule has 2 fully saturated rings. The van der Waals surface area contributed by atoms with Gasteiger partial charge in [-0.05, 0) is 52.0 Å². The second-order valence-corrected chi connectivity index (χ2v) is 13.6. The van der Waals surface area contributed by atoms with E-state index >= 15 is 4.39 Å². The van der Waals surface area contributed by atoms with E-state index in [1.807, 2.05) is 24.1 Å². The summed E-state index contributed by atoms with van der Waals surface area (Å²) in [6, 6.07) is 11.6. The van der Waals surface area contributed by atoms with Gasteiger partial charge in [0.1, 0.15) is 29.8 Å². The topological polar surface area (TPSA) is 159 Å². The summed E-state index contributed by atoms with van der Waals surface area (Å²) in [5, 5.41) is 18.5. The summed E-state index contributed by atoms with van der Waals surface area (Å²) in [5.74, 6) is 2.45. The first-order valence-corrected chi connectivity index (χ1v) is 16.8. The normalized spacial score (nSPS) is 24.6. The SMILES string of the molecule is C#C[C@@]1(F)[C@H](O)[C@@H](CO[P@@](=O)(N[C@H](C)C(=O)OC(C)C)Oc2cccc3ccccc23)O[C@H]1n1cnc2c(NC3CC3)nc(C)nc21. The number of alkyl halides is 1. The number of benzene rings is 2. The molecule has 2 aromatic carbocycles. The number of hydrogen-bond donors (Lipinski definition) is 3. The number of aryl methyl sites for hydroxylation is 1. The summed E-state index contributed by atoms with van der Waals surface area (Å²) in [6.07, 6.45) is 3.61. The van der Waals surface area contributed by atoms with Crippen molar-refractivity contribution in [2.24, 2.45) is 0 Å². The largest absolute Gasteiger partial charge is 0.462 e. The number of esters is 1. The van der Waals surface area contributed by atoms with Crippen LogP contribution >= 0.6 is 7.75 Å². The third-order valence-corrected chi connectivity index (χ3v) is 9.43. The lowest BCUT2D eigenvalue weighted by molar-refractivity contribution is -0.149. The highest BCUT2D eigenvalue weighted by molar-refractivity contribution is 7.52. The standard InChI is InChI=1S/C32H36FN6O7P/c1-6-32(33)27(40)25(45-31(32)39-17-34-26-28(37-22-14-15-22)35-20(5)36-29(26)39)16-43-47(42,38-19(4)30(41)44-18(2)3)46-24-13-9-11-21-10-7-8-12-23(21)24/h1,7-13,17-19,22,25,27,31,40H,14-16H2,2-5H3,(H,38,42)(H,35,36,37)/t19-,25-,27-,31-,32-,47+/m1/s1. The van der Waals surface area contributed by atoms with Crippen LogP contribution in [-0.4, -0.2) is 73.3 Å². The van der Waals surface area contributed by atoms with E-state index < -0.39 is 56.6 Å². The summed E-state index contributed by atoms with van der Waals surface area (Å²) in [5.41, 5.74) is -2.12. The predicted molar refractivity (Wildman–Crippen MR) is 171 cm³/mol. The number of fused-ring (bicyclic) bond motifs is 2. The molecule has 47 heavy (non-hydrogen) atoms. The number of nitrogens with zero attached hydrogens (tertiary/aromatic N) is 4. The summed E-state index contributed by atoms with van der Waals surface area (Å²) in [6.45, 7) is 5.85. The number of aromatic nitrogens is 4. The average molecular weight is 667 g/mol. The molecule has 1 saturated heterocycles. The predicted octanol–water partition coefficient (Wildman–Crippen LogP) is 4.60. The van der Waals surface area contributed by atoms with Crippen LogP contribution in [0.5, 0.6) is 5.75 Å². The quantitative estimate of drug-likeness (QED) is 0.110. The van der Waals surface area contributed by atoms with Gasteiger partial charge in [0, 0.05) is 11.4 Å².